The molecule has 0 bridgehead atoms. The number of carbonyl (C=O) groups excluding carboxylic acids is 1. The zero-order valence-electron chi connectivity index (χ0n) is 12.3. The van der Waals surface area contributed by atoms with Crippen molar-refractivity contribution in [2.24, 2.45) is 11.7 Å². The van der Waals surface area contributed by atoms with Gasteiger partial charge in [0, 0.05) is 19.6 Å². The molecule has 0 aromatic heterocycles. The molecule has 2 rings (SSSR count). The summed E-state index contributed by atoms with van der Waals surface area (Å²) >= 11 is 0. The highest BCUT2D eigenvalue weighted by atomic mass is 16.5. The van der Waals surface area contributed by atoms with Crippen molar-refractivity contribution >= 4 is 5.91 Å². The fourth-order valence-electron chi connectivity index (χ4n) is 2.66. The lowest BCUT2D eigenvalue weighted by Gasteiger charge is -2.40. The Morgan fingerprint density at radius 1 is 1.45 bits per heavy atom. The van der Waals surface area contributed by atoms with E-state index in [4.69, 9.17) is 10.5 Å². The van der Waals surface area contributed by atoms with Crippen LogP contribution in [0.15, 0.2) is 30.3 Å². The van der Waals surface area contributed by atoms with E-state index in [1.807, 2.05) is 30.3 Å². The van der Waals surface area contributed by atoms with E-state index in [-0.39, 0.29) is 12.0 Å². The van der Waals surface area contributed by atoms with E-state index in [1.54, 1.807) is 0 Å². The molecule has 1 heterocycles. The molecule has 20 heavy (non-hydrogen) atoms. The van der Waals surface area contributed by atoms with E-state index < -0.39 is 5.54 Å². The van der Waals surface area contributed by atoms with Gasteiger partial charge in [0.05, 0.1) is 6.10 Å². The van der Waals surface area contributed by atoms with Crippen molar-refractivity contribution in [1.82, 2.24) is 5.32 Å². The zero-order chi connectivity index (χ0) is 14.6. The average Bonchev–Trinajstić information content (AvgIpc) is 2.46. The molecule has 0 saturated carbocycles. The van der Waals surface area contributed by atoms with Crippen molar-refractivity contribution in [3.63, 3.8) is 0 Å². The summed E-state index contributed by atoms with van der Waals surface area (Å²) in [4.78, 5) is 12.0. The molecule has 0 spiro atoms. The number of amides is 1. The molecule has 1 amide bonds. The SMILES string of the molecule is CC(C)C1CC(NCc2ccccc2)(C(N)=O)CCO1. The van der Waals surface area contributed by atoms with Gasteiger partial charge in [-0.1, -0.05) is 44.2 Å². The summed E-state index contributed by atoms with van der Waals surface area (Å²) < 4.78 is 5.75. The molecule has 2 atom stereocenters. The second-order valence-electron chi connectivity index (χ2n) is 5.89. The molecular weight excluding hydrogens is 252 g/mol. The Morgan fingerprint density at radius 2 is 2.15 bits per heavy atom. The Hall–Kier alpha value is -1.39. The minimum Gasteiger partial charge on any atom is -0.378 e. The normalized spacial score (nSPS) is 26.6. The summed E-state index contributed by atoms with van der Waals surface area (Å²) in [6.07, 6.45) is 1.37. The minimum absolute atomic E-state index is 0.0829. The fourth-order valence-corrected chi connectivity index (χ4v) is 2.66. The standard InChI is InChI=1S/C16H24N2O2/c1-12(2)14-10-16(15(17)19,8-9-20-14)18-11-13-6-4-3-5-7-13/h3-7,12,14,18H,8-11H2,1-2H3,(H2,17,19). The van der Waals surface area contributed by atoms with Crippen LogP contribution in [0.25, 0.3) is 0 Å². The summed E-state index contributed by atoms with van der Waals surface area (Å²) in [5.74, 6) is 0.106. The van der Waals surface area contributed by atoms with Gasteiger partial charge in [0.25, 0.3) is 0 Å². The van der Waals surface area contributed by atoms with Crippen molar-refractivity contribution in [2.45, 2.75) is 44.9 Å². The van der Waals surface area contributed by atoms with Crippen LogP contribution in [0.5, 0.6) is 0 Å². The average molecular weight is 276 g/mol. The van der Waals surface area contributed by atoms with Crippen molar-refractivity contribution in [1.29, 1.82) is 0 Å². The Kier molecular flexibility index (Phi) is 4.78. The molecule has 1 aromatic rings. The maximum atomic E-state index is 12.0. The third-order valence-corrected chi connectivity index (χ3v) is 4.10. The zero-order valence-corrected chi connectivity index (χ0v) is 12.3. The predicted octanol–water partition coefficient (Wildman–Crippen LogP) is 1.84. The monoisotopic (exact) mass is 276 g/mol. The Labute approximate surface area is 120 Å². The molecule has 3 N–H and O–H groups in total. The van der Waals surface area contributed by atoms with Crippen molar-refractivity contribution in [2.75, 3.05) is 6.61 Å². The fraction of sp³-hybridized carbons (Fsp3) is 0.562. The van der Waals surface area contributed by atoms with E-state index in [9.17, 15) is 4.79 Å². The molecule has 1 aromatic carbocycles. The van der Waals surface area contributed by atoms with Gasteiger partial charge in [-0.25, -0.2) is 0 Å². The molecule has 1 fully saturated rings. The summed E-state index contributed by atoms with van der Waals surface area (Å²) in [5, 5.41) is 3.38. The Morgan fingerprint density at radius 3 is 2.75 bits per heavy atom. The summed E-state index contributed by atoms with van der Waals surface area (Å²) in [6.45, 7) is 5.44. The highest BCUT2D eigenvalue weighted by Gasteiger charge is 2.42. The highest BCUT2D eigenvalue weighted by molar-refractivity contribution is 5.84. The van der Waals surface area contributed by atoms with Gasteiger partial charge >= 0.3 is 0 Å². The molecular formula is C16H24N2O2. The van der Waals surface area contributed by atoms with Crippen LogP contribution in [0, 0.1) is 5.92 Å². The van der Waals surface area contributed by atoms with Crippen LogP contribution in [0.2, 0.25) is 0 Å². The van der Waals surface area contributed by atoms with Crippen LogP contribution in [0.3, 0.4) is 0 Å². The summed E-state index contributed by atoms with van der Waals surface area (Å²) in [7, 11) is 0. The number of hydrogen-bond donors (Lipinski definition) is 2. The number of primary amides is 1. The van der Waals surface area contributed by atoms with Crippen LogP contribution in [0.1, 0.15) is 32.3 Å². The van der Waals surface area contributed by atoms with Crippen LogP contribution >= 0.6 is 0 Å². The van der Waals surface area contributed by atoms with Crippen molar-refractivity contribution < 1.29 is 9.53 Å². The third kappa shape index (κ3) is 3.38. The number of carbonyl (C=O) groups is 1. The first-order chi connectivity index (χ1) is 9.53. The molecule has 110 valence electrons. The topological polar surface area (TPSA) is 64.3 Å². The largest absolute Gasteiger partial charge is 0.378 e. The first-order valence-corrected chi connectivity index (χ1v) is 7.24. The van der Waals surface area contributed by atoms with E-state index in [1.165, 1.54) is 0 Å². The van der Waals surface area contributed by atoms with E-state index in [2.05, 4.69) is 19.2 Å². The van der Waals surface area contributed by atoms with Gasteiger partial charge in [0.2, 0.25) is 5.91 Å². The third-order valence-electron chi connectivity index (χ3n) is 4.10. The van der Waals surface area contributed by atoms with Crippen LogP contribution in [-0.4, -0.2) is 24.2 Å². The summed E-state index contributed by atoms with van der Waals surface area (Å²) in [6, 6.07) is 10.1. The Balaban J connectivity index is 2.07. The summed E-state index contributed by atoms with van der Waals surface area (Å²) in [5.41, 5.74) is 6.18. The van der Waals surface area contributed by atoms with Crippen molar-refractivity contribution in [3.05, 3.63) is 35.9 Å². The predicted molar refractivity (Wildman–Crippen MR) is 79.0 cm³/mol. The van der Waals surface area contributed by atoms with Crippen molar-refractivity contribution in [3.8, 4) is 0 Å². The second-order valence-corrected chi connectivity index (χ2v) is 5.89. The second kappa shape index (κ2) is 6.37. The number of nitrogens with one attached hydrogen (secondary N) is 1. The lowest BCUT2D eigenvalue weighted by atomic mass is 9.82. The number of ether oxygens (including phenoxy) is 1. The molecule has 0 aliphatic carbocycles. The maximum Gasteiger partial charge on any atom is 0.237 e. The van der Waals surface area contributed by atoms with Gasteiger partial charge < -0.3 is 10.5 Å². The molecule has 0 radical (unpaired) electrons. The lowest BCUT2D eigenvalue weighted by Crippen LogP contribution is -2.60. The smallest absolute Gasteiger partial charge is 0.237 e. The molecule has 4 heteroatoms. The number of benzene rings is 1. The van der Waals surface area contributed by atoms with Crippen LogP contribution < -0.4 is 11.1 Å². The van der Waals surface area contributed by atoms with E-state index in [0.717, 1.165) is 5.56 Å². The van der Waals surface area contributed by atoms with Gasteiger partial charge in [-0.3, -0.25) is 10.1 Å². The maximum absolute atomic E-state index is 12.0. The molecule has 1 aliphatic rings. The number of hydrogen-bond acceptors (Lipinski definition) is 3. The quantitative estimate of drug-likeness (QED) is 0.862. The molecule has 1 saturated heterocycles. The minimum atomic E-state index is -0.650. The van der Waals surface area contributed by atoms with Crippen LogP contribution in [0.4, 0.5) is 0 Å². The van der Waals surface area contributed by atoms with Crippen LogP contribution in [-0.2, 0) is 16.1 Å². The van der Waals surface area contributed by atoms with Gasteiger partial charge in [-0.2, -0.15) is 0 Å². The highest BCUT2D eigenvalue weighted by Crippen LogP contribution is 2.29. The van der Waals surface area contributed by atoms with Gasteiger partial charge in [0.1, 0.15) is 5.54 Å². The van der Waals surface area contributed by atoms with Gasteiger partial charge in [0.15, 0.2) is 0 Å². The Bertz CT molecular complexity index is 447. The van der Waals surface area contributed by atoms with E-state index >= 15 is 0 Å². The van der Waals surface area contributed by atoms with E-state index in [0.29, 0.717) is 31.9 Å². The first kappa shape index (κ1) is 15.0. The number of nitrogens with two attached hydrogens (primary N) is 1. The molecule has 2 unspecified atom stereocenters. The van der Waals surface area contributed by atoms with Gasteiger partial charge in [-0.15, -0.1) is 0 Å². The van der Waals surface area contributed by atoms with Gasteiger partial charge in [-0.05, 0) is 17.9 Å². The first-order valence-electron chi connectivity index (χ1n) is 7.24. The molecule has 4 nitrogen and oxygen atoms in total. The lowest BCUT2D eigenvalue weighted by molar-refractivity contribution is -0.133. The number of rotatable bonds is 5. The molecule has 1 aliphatic heterocycles.